The van der Waals surface area contributed by atoms with E-state index in [1.165, 1.54) is 38.4 Å². The first-order valence-electron chi connectivity index (χ1n) is 7.28. The Balaban J connectivity index is 2.04. The van der Waals surface area contributed by atoms with Crippen LogP contribution in [0, 0.1) is 0 Å². The molecule has 3 rings (SSSR count). The van der Waals surface area contributed by atoms with Gasteiger partial charge in [0.15, 0.2) is 11.5 Å². The predicted octanol–water partition coefficient (Wildman–Crippen LogP) is 2.56. The molecule has 0 aliphatic heterocycles. The second-order valence-corrected chi connectivity index (χ2v) is 5.83. The number of Topliss-reactive ketones (excluding diaryl/α,β-unsaturated/α-hetero) is 2. The van der Waals surface area contributed by atoms with Crippen molar-refractivity contribution in [3.05, 3.63) is 52.6 Å². The fourth-order valence-electron chi connectivity index (χ4n) is 2.48. The van der Waals surface area contributed by atoms with Crippen molar-refractivity contribution < 1.29 is 19.1 Å². The van der Waals surface area contributed by atoms with Gasteiger partial charge in [0, 0.05) is 24.1 Å². The number of carbonyl (C=O) groups excluding carboxylic acids is 2. The molecule has 0 saturated carbocycles. The number of thioether (sulfide) groups is 1. The first-order valence-corrected chi connectivity index (χ1v) is 8.51. The van der Waals surface area contributed by atoms with Crippen molar-refractivity contribution >= 4 is 29.0 Å². The van der Waals surface area contributed by atoms with Crippen LogP contribution >= 0.6 is 11.8 Å². The van der Waals surface area contributed by atoms with E-state index >= 15 is 0 Å². The lowest BCUT2D eigenvalue weighted by atomic mass is 10.0. The summed E-state index contributed by atoms with van der Waals surface area (Å²) in [6.45, 7) is 0. The normalized spacial score (nSPS) is 13.6. The van der Waals surface area contributed by atoms with Gasteiger partial charge in [-0.25, -0.2) is 9.97 Å². The molecule has 1 aliphatic carbocycles. The van der Waals surface area contributed by atoms with Gasteiger partial charge < -0.3 is 14.8 Å². The van der Waals surface area contributed by atoms with Crippen molar-refractivity contribution in [3.8, 4) is 11.5 Å². The van der Waals surface area contributed by atoms with E-state index in [4.69, 9.17) is 9.47 Å². The maximum absolute atomic E-state index is 12.8. The Bertz CT molecular complexity index is 895. The van der Waals surface area contributed by atoms with Gasteiger partial charge in [0.2, 0.25) is 11.6 Å². The summed E-state index contributed by atoms with van der Waals surface area (Å²) in [7, 11) is 3.06. The van der Waals surface area contributed by atoms with Gasteiger partial charge in [-0.1, -0.05) is 0 Å². The molecule has 0 atom stereocenters. The van der Waals surface area contributed by atoms with E-state index < -0.39 is 0 Å². The van der Waals surface area contributed by atoms with E-state index in [0.29, 0.717) is 22.1 Å². The number of aromatic nitrogens is 2. The quantitative estimate of drug-likeness (QED) is 0.873. The largest absolute Gasteiger partial charge is 0.493 e. The highest BCUT2D eigenvalue weighted by Crippen LogP contribution is 2.34. The second-order valence-electron chi connectivity index (χ2n) is 5.01. The molecule has 0 saturated heterocycles. The number of methoxy groups -OCH3 is 2. The van der Waals surface area contributed by atoms with Gasteiger partial charge in [0.05, 0.1) is 19.1 Å². The summed E-state index contributed by atoms with van der Waals surface area (Å²) in [6, 6.07) is 5.13. The average molecular weight is 357 g/mol. The standard InChI is InChI=1S/C17H15N3O4S/c1-23-10-5-4-9(8-11(10)24-2)20-14-15(21)12-13(19-7-6-18-12)16(22)17(14)25-3/h4-8,20H,1-3H3. The van der Waals surface area contributed by atoms with Crippen LogP contribution in [-0.4, -0.2) is 42.0 Å². The summed E-state index contributed by atoms with van der Waals surface area (Å²) in [5.41, 5.74) is 0.897. The number of anilines is 1. The molecule has 0 fully saturated rings. The maximum Gasteiger partial charge on any atom is 0.231 e. The molecular weight excluding hydrogens is 342 g/mol. The molecule has 128 valence electrons. The van der Waals surface area contributed by atoms with Crippen molar-refractivity contribution in [1.82, 2.24) is 9.97 Å². The van der Waals surface area contributed by atoms with E-state index in [2.05, 4.69) is 15.3 Å². The van der Waals surface area contributed by atoms with Crippen LogP contribution in [0.1, 0.15) is 21.0 Å². The van der Waals surface area contributed by atoms with Gasteiger partial charge in [-0.15, -0.1) is 11.8 Å². The fourth-order valence-corrected chi connectivity index (χ4v) is 3.11. The minimum Gasteiger partial charge on any atom is -0.493 e. The molecule has 8 heteroatoms. The molecule has 0 bridgehead atoms. The second kappa shape index (κ2) is 6.94. The highest BCUT2D eigenvalue weighted by molar-refractivity contribution is 8.03. The Morgan fingerprint density at radius 2 is 1.60 bits per heavy atom. The van der Waals surface area contributed by atoms with Gasteiger partial charge in [-0.3, -0.25) is 9.59 Å². The minimum atomic E-state index is -0.373. The number of rotatable bonds is 5. The first-order chi connectivity index (χ1) is 12.1. The van der Waals surface area contributed by atoms with Gasteiger partial charge in [0.25, 0.3) is 0 Å². The Hall–Kier alpha value is -2.87. The summed E-state index contributed by atoms with van der Waals surface area (Å²) in [5.74, 6) is 0.378. The van der Waals surface area contributed by atoms with Crippen LogP contribution in [0.4, 0.5) is 5.69 Å². The summed E-state index contributed by atoms with van der Waals surface area (Å²) in [4.78, 5) is 33.7. The molecule has 0 radical (unpaired) electrons. The number of fused-ring (bicyclic) bond motifs is 1. The van der Waals surface area contributed by atoms with E-state index in [1.54, 1.807) is 24.5 Å². The number of hydrogen-bond acceptors (Lipinski definition) is 8. The molecule has 1 aliphatic rings. The summed E-state index contributed by atoms with van der Waals surface area (Å²) in [6.07, 6.45) is 4.52. The van der Waals surface area contributed by atoms with Gasteiger partial charge >= 0.3 is 0 Å². The fraction of sp³-hybridized carbons (Fsp3) is 0.176. The van der Waals surface area contributed by atoms with Crippen molar-refractivity contribution in [2.75, 3.05) is 25.8 Å². The number of benzene rings is 1. The molecular formula is C17H15N3O4S. The van der Waals surface area contributed by atoms with Crippen molar-refractivity contribution in [2.24, 2.45) is 0 Å². The van der Waals surface area contributed by atoms with Crippen LogP contribution in [0.5, 0.6) is 11.5 Å². The lowest BCUT2D eigenvalue weighted by Crippen LogP contribution is -2.27. The van der Waals surface area contributed by atoms with Crippen LogP contribution in [0.3, 0.4) is 0 Å². The predicted molar refractivity (Wildman–Crippen MR) is 94.4 cm³/mol. The molecule has 2 aromatic rings. The van der Waals surface area contributed by atoms with E-state index in [9.17, 15) is 9.59 Å². The van der Waals surface area contributed by atoms with Crippen LogP contribution in [0.25, 0.3) is 0 Å². The van der Waals surface area contributed by atoms with E-state index in [0.717, 1.165) is 0 Å². The zero-order valence-electron chi connectivity index (χ0n) is 13.8. The highest BCUT2D eigenvalue weighted by atomic mass is 32.2. The lowest BCUT2D eigenvalue weighted by molar-refractivity contribution is 0.0975. The smallest absolute Gasteiger partial charge is 0.231 e. The van der Waals surface area contributed by atoms with Crippen molar-refractivity contribution in [3.63, 3.8) is 0 Å². The third-order valence-corrected chi connectivity index (χ3v) is 4.44. The minimum absolute atomic E-state index is 0.0493. The third kappa shape index (κ3) is 2.96. The summed E-state index contributed by atoms with van der Waals surface area (Å²) < 4.78 is 10.5. The Labute approximate surface area is 148 Å². The zero-order chi connectivity index (χ0) is 18.0. The molecule has 1 N–H and O–H groups in total. The Kier molecular flexibility index (Phi) is 4.71. The van der Waals surface area contributed by atoms with Crippen LogP contribution < -0.4 is 14.8 Å². The number of hydrogen-bond donors (Lipinski definition) is 1. The molecule has 1 aromatic heterocycles. The zero-order valence-corrected chi connectivity index (χ0v) is 14.6. The monoisotopic (exact) mass is 357 g/mol. The summed E-state index contributed by atoms with van der Waals surface area (Å²) >= 11 is 1.19. The van der Waals surface area contributed by atoms with Crippen LogP contribution in [0.2, 0.25) is 0 Å². The van der Waals surface area contributed by atoms with Crippen molar-refractivity contribution in [1.29, 1.82) is 0 Å². The molecule has 1 heterocycles. The summed E-state index contributed by atoms with van der Waals surface area (Å²) in [5, 5.41) is 3.01. The number of carbonyl (C=O) groups is 2. The molecule has 0 unspecified atom stereocenters. The number of allylic oxidation sites excluding steroid dienone is 2. The van der Waals surface area contributed by atoms with Crippen LogP contribution in [-0.2, 0) is 0 Å². The molecule has 0 spiro atoms. The van der Waals surface area contributed by atoms with Gasteiger partial charge in [-0.05, 0) is 18.4 Å². The Morgan fingerprint density at radius 1 is 0.960 bits per heavy atom. The number of nitrogens with zero attached hydrogens (tertiary/aromatic N) is 2. The SMILES string of the molecule is COc1ccc(NC2=C(SC)C(=O)c3nccnc3C2=O)cc1OC. The maximum atomic E-state index is 12.8. The van der Waals surface area contributed by atoms with Crippen LogP contribution in [0.15, 0.2) is 41.2 Å². The van der Waals surface area contributed by atoms with E-state index in [1.807, 2.05) is 0 Å². The molecule has 0 amide bonds. The lowest BCUT2D eigenvalue weighted by Gasteiger charge is -2.20. The van der Waals surface area contributed by atoms with E-state index in [-0.39, 0.29) is 28.7 Å². The molecule has 25 heavy (non-hydrogen) atoms. The third-order valence-electron chi connectivity index (χ3n) is 3.65. The average Bonchev–Trinajstić information content (AvgIpc) is 2.66. The first kappa shape index (κ1) is 17.0. The number of ketones is 2. The highest BCUT2D eigenvalue weighted by Gasteiger charge is 2.34. The Morgan fingerprint density at radius 3 is 2.20 bits per heavy atom. The number of ether oxygens (including phenoxy) is 2. The topological polar surface area (TPSA) is 90.4 Å². The van der Waals surface area contributed by atoms with Gasteiger partial charge in [0.1, 0.15) is 17.1 Å². The molecule has 7 nitrogen and oxygen atoms in total. The van der Waals surface area contributed by atoms with Crippen molar-refractivity contribution in [2.45, 2.75) is 0 Å². The number of nitrogens with one attached hydrogen (secondary N) is 1. The molecule has 1 aromatic carbocycles. The van der Waals surface area contributed by atoms with Gasteiger partial charge in [-0.2, -0.15) is 0 Å².